The number of nitrogens with zero attached hydrogens (tertiary/aromatic N) is 1. The predicted molar refractivity (Wildman–Crippen MR) is 150 cm³/mol. The van der Waals surface area contributed by atoms with Crippen LogP contribution in [0.3, 0.4) is 0 Å². The highest BCUT2D eigenvalue weighted by molar-refractivity contribution is 5.57. The lowest BCUT2D eigenvalue weighted by atomic mass is 9.77. The summed E-state index contributed by atoms with van der Waals surface area (Å²) in [4.78, 5) is 2.67. The van der Waals surface area contributed by atoms with E-state index >= 15 is 0 Å². The van der Waals surface area contributed by atoms with Gasteiger partial charge in [-0.3, -0.25) is 0 Å². The highest BCUT2D eigenvalue weighted by Crippen LogP contribution is 2.35. The summed E-state index contributed by atoms with van der Waals surface area (Å²) >= 11 is 0. The fourth-order valence-electron chi connectivity index (χ4n) is 6.20. The molecule has 2 aliphatic heterocycles. The van der Waals surface area contributed by atoms with Crippen LogP contribution in [-0.4, -0.2) is 26.2 Å². The molecule has 0 saturated carbocycles. The zero-order valence-electron chi connectivity index (χ0n) is 21.5. The third-order valence-electron chi connectivity index (χ3n) is 8.16. The molecule has 0 radical (unpaired) electrons. The van der Waals surface area contributed by atoms with E-state index in [2.05, 4.69) is 89.9 Å². The van der Waals surface area contributed by atoms with Gasteiger partial charge in [0.15, 0.2) is 0 Å². The van der Waals surface area contributed by atoms with Crippen molar-refractivity contribution in [3.63, 3.8) is 0 Å². The molecule has 2 unspecified atom stereocenters. The molecule has 35 heavy (non-hydrogen) atoms. The fraction of sp³-hybridized carbons (Fsp3) is 0.455. The van der Waals surface area contributed by atoms with Gasteiger partial charge in [-0.2, -0.15) is 0 Å². The van der Waals surface area contributed by atoms with Crippen molar-refractivity contribution in [2.45, 2.75) is 64.2 Å². The molecule has 1 N–H and O–H groups in total. The molecule has 0 aliphatic carbocycles. The molecule has 0 amide bonds. The van der Waals surface area contributed by atoms with Gasteiger partial charge in [0.05, 0.1) is 0 Å². The van der Waals surface area contributed by atoms with Crippen LogP contribution in [0.1, 0.15) is 72.8 Å². The smallest absolute Gasteiger partial charge is 0.0401 e. The lowest BCUT2D eigenvalue weighted by Gasteiger charge is -2.34. The van der Waals surface area contributed by atoms with E-state index in [4.69, 9.17) is 0 Å². The van der Waals surface area contributed by atoms with E-state index in [1.54, 1.807) is 5.56 Å². The number of piperidine rings is 1. The summed E-state index contributed by atoms with van der Waals surface area (Å²) < 4.78 is 0. The van der Waals surface area contributed by atoms with Crippen LogP contribution in [0.25, 0.3) is 0 Å². The van der Waals surface area contributed by atoms with E-state index < -0.39 is 0 Å². The number of benzene rings is 3. The van der Waals surface area contributed by atoms with E-state index in [-0.39, 0.29) is 0 Å². The number of anilines is 1. The fourth-order valence-corrected chi connectivity index (χ4v) is 6.20. The molecule has 2 atom stereocenters. The summed E-state index contributed by atoms with van der Waals surface area (Å²) in [7, 11) is 0. The minimum Gasteiger partial charge on any atom is -0.371 e. The molecule has 2 aliphatic rings. The number of aryl methyl sites for hydroxylation is 1. The Balaban J connectivity index is 1.28. The molecule has 184 valence electrons. The van der Waals surface area contributed by atoms with Gasteiger partial charge in [-0.05, 0) is 97.3 Å². The van der Waals surface area contributed by atoms with Gasteiger partial charge in [-0.25, -0.2) is 0 Å². The first-order chi connectivity index (χ1) is 17.3. The van der Waals surface area contributed by atoms with Crippen molar-refractivity contribution in [3.8, 4) is 0 Å². The van der Waals surface area contributed by atoms with Gasteiger partial charge in [0.1, 0.15) is 0 Å². The van der Waals surface area contributed by atoms with E-state index in [1.165, 1.54) is 86.0 Å². The minimum absolute atomic E-state index is 0.638. The van der Waals surface area contributed by atoms with E-state index in [0.717, 1.165) is 19.5 Å². The van der Waals surface area contributed by atoms with Crippen molar-refractivity contribution in [2.75, 3.05) is 31.1 Å². The number of nitrogens with one attached hydrogen (secondary N) is 1. The van der Waals surface area contributed by atoms with Gasteiger partial charge in [0, 0.05) is 18.8 Å². The van der Waals surface area contributed by atoms with Crippen LogP contribution in [0.2, 0.25) is 0 Å². The number of fused-ring (bicyclic) bond motifs is 1. The molecule has 0 spiro atoms. The van der Waals surface area contributed by atoms with Crippen molar-refractivity contribution in [1.29, 1.82) is 0 Å². The van der Waals surface area contributed by atoms with Crippen LogP contribution in [0.15, 0.2) is 72.8 Å². The van der Waals surface area contributed by atoms with Gasteiger partial charge < -0.3 is 10.2 Å². The average molecular weight is 467 g/mol. The van der Waals surface area contributed by atoms with Crippen LogP contribution < -0.4 is 10.2 Å². The lowest BCUT2D eigenvalue weighted by molar-refractivity contribution is 0.324. The van der Waals surface area contributed by atoms with Crippen LogP contribution in [0.5, 0.6) is 0 Å². The summed E-state index contributed by atoms with van der Waals surface area (Å²) in [6.07, 6.45) is 9.90. The molecule has 2 heteroatoms. The third-order valence-corrected chi connectivity index (χ3v) is 8.16. The van der Waals surface area contributed by atoms with Crippen molar-refractivity contribution in [1.82, 2.24) is 5.32 Å². The molecular formula is C33H42N2. The van der Waals surface area contributed by atoms with E-state index in [9.17, 15) is 0 Å². The maximum absolute atomic E-state index is 3.69. The Hall–Kier alpha value is -2.58. The summed E-state index contributed by atoms with van der Waals surface area (Å²) in [6.45, 7) is 6.99. The first kappa shape index (κ1) is 24.1. The number of hydrogen-bond acceptors (Lipinski definition) is 2. The first-order valence-electron chi connectivity index (χ1n) is 14.0. The van der Waals surface area contributed by atoms with Gasteiger partial charge in [-0.15, -0.1) is 0 Å². The zero-order chi connectivity index (χ0) is 23.9. The molecule has 2 nitrogen and oxygen atoms in total. The van der Waals surface area contributed by atoms with Gasteiger partial charge in [-0.1, -0.05) is 86.5 Å². The van der Waals surface area contributed by atoms with Gasteiger partial charge in [0.2, 0.25) is 0 Å². The molecule has 0 bridgehead atoms. The molecule has 3 aromatic rings. The maximum atomic E-state index is 3.69. The molecular weight excluding hydrogens is 424 g/mol. The van der Waals surface area contributed by atoms with Crippen molar-refractivity contribution < 1.29 is 0 Å². The normalized spacial score (nSPS) is 20.0. The average Bonchev–Trinajstić information content (AvgIpc) is 2.90. The van der Waals surface area contributed by atoms with Crippen LogP contribution in [0, 0.1) is 5.92 Å². The molecule has 1 saturated heterocycles. The summed E-state index contributed by atoms with van der Waals surface area (Å²) in [6, 6.07) is 27.7. The number of hydrogen-bond donors (Lipinski definition) is 1. The highest BCUT2D eigenvalue weighted by atomic mass is 15.1. The largest absolute Gasteiger partial charge is 0.371 e. The minimum atomic E-state index is 0.638. The Morgan fingerprint density at radius 2 is 1.69 bits per heavy atom. The second kappa shape index (κ2) is 11.9. The Morgan fingerprint density at radius 1 is 0.886 bits per heavy atom. The third kappa shape index (κ3) is 6.16. The molecule has 3 aromatic carbocycles. The van der Waals surface area contributed by atoms with Crippen molar-refractivity contribution >= 4 is 5.69 Å². The topological polar surface area (TPSA) is 15.3 Å². The Labute approximate surface area is 212 Å². The molecule has 5 rings (SSSR count). The number of unbranched alkanes of at least 4 members (excludes halogenated alkanes) is 2. The molecule has 0 aromatic heterocycles. The highest BCUT2D eigenvalue weighted by Gasteiger charge is 2.27. The maximum Gasteiger partial charge on any atom is 0.0401 e. The Bertz CT molecular complexity index is 1060. The standard InChI is InChI=1S/C33H42N2/c1-2-3-7-20-35-21-8-11-30-17-14-28(24-33(30)35)23-31-25-34-19-18-32(31)29-15-12-27(13-16-29)22-26-9-5-4-6-10-26/h4-6,9-10,12-17,24,31-32,34H,2-3,7-8,11,18-23,25H2,1H3. The predicted octanol–water partition coefficient (Wildman–Crippen LogP) is 7.16. The Kier molecular flexibility index (Phi) is 8.21. The Morgan fingerprint density at radius 3 is 2.51 bits per heavy atom. The monoisotopic (exact) mass is 466 g/mol. The zero-order valence-corrected chi connectivity index (χ0v) is 21.5. The van der Waals surface area contributed by atoms with Crippen LogP contribution in [-0.2, 0) is 19.3 Å². The summed E-state index contributed by atoms with van der Waals surface area (Å²) in [5.41, 5.74) is 8.91. The summed E-state index contributed by atoms with van der Waals surface area (Å²) in [5, 5.41) is 3.69. The van der Waals surface area contributed by atoms with Crippen LogP contribution >= 0.6 is 0 Å². The SMILES string of the molecule is CCCCCN1CCCc2ccc(CC3CNCCC3c3ccc(Cc4ccccc4)cc3)cc21. The quantitative estimate of drug-likeness (QED) is 0.337. The van der Waals surface area contributed by atoms with E-state index in [0.29, 0.717) is 11.8 Å². The van der Waals surface area contributed by atoms with Crippen molar-refractivity contribution in [2.24, 2.45) is 5.92 Å². The second-order valence-corrected chi connectivity index (χ2v) is 10.7. The first-order valence-corrected chi connectivity index (χ1v) is 14.0. The lowest BCUT2D eigenvalue weighted by Crippen LogP contribution is -2.36. The van der Waals surface area contributed by atoms with Gasteiger partial charge >= 0.3 is 0 Å². The second-order valence-electron chi connectivity index (χ2n) is 10.7. The molecule has 2 heterocycles. The molecule has 1 fully saturated rings. The van der Waals surface area contributed by atoms with E-state index in [1.807, 2.05) is 0 Å². The van der Waals surface area contributed by atoms with Gasteiger partial charge in [0.25, 0.3) is 0 Å². The van der Waals surface area contributed by atoms with Crippen LogP contribution in [0.4, 0.5) is 5.69 Å². The van der Waals surface area contributed by atoms with Crippen molar-refractivity contribution in [3.05, 3.63) is 101 Å². The summed E-state index contributed by atoms with van der Waals surface area (Å²) in [5.74, 6) is 1.29. The number of rotatable bonds is 9.